The molecule has 1 fully saturated rings. The number of nitrogens with one attached hydrogen (secondary N) is 1. The Labute approximate surface area is 81.5 Å². The van der Waals surface area contributed by atoms with Crippen molar-refractivity contribution in [3.63, 3.8) is 0 Å². The lowest BCUT2D eigenvalue weighted by Gasteiger charge is -2.24. The van der Waals surface area contributed by atoms with Crippen LogP contribution in [0.15, 0.2) is 18.2 Å². The summed E-state index contributed by atoms with van der Waals surface area (Å²) in [5.41, 5.74) is 0.544. The van der Waals surface area contributed by atoms with Crippen molar-refractivity contribution in [1.82, 2.24) is 5.32 Å². The number of morpholine rings is 1. The lowest BCUT2D eigenvalue weighted by molar-refractivity contribution is 0.0757. The van der Waals surface area contributed by atoms with Crippen LogP contribution in [0.1, 0.15) is 11.6 Å². The van der Waals surface area contributed by atoms with Gasteiger partial charge in [0.25, 0.3) is 0 Å². The molecule has 0 amide bonds. The molecule has 0 bridgehead atoms. The van der Waals surface area contributed by atoms with E-state index in [4.69, 9.17) is 9.84 Å². The Morgan fingerprint density at radius 2 is 2.36 bits per heavy atom. The molecule has 1 aliphatic heterocycles. The van der Waals surface area contributed by atoms with Crippen molar-refractivity contribution in [2.75, 3.05) is 19.8 Å². The fraction of sp³-hybridized carbons (Fsp3) is 0.400. The van der Waals surface area contributed by atoms with Crippen LogP contribution in [0.3, 0.4) is 0 Å². The van der Waals surface area contributed by atoms with Crippen molar-refractivity contribution < 1.29 is 14.2 Å². The van der Waals surface area contributed by atoms with E-state index in [1.807, 2.05) is 0 Å². The van der Waals surface area contributed by atoms with Crippen LogP contribution in [-0.4, -0.2) is 24.9 Å². The predicted molar refractivity (Wildman–Crippen MR) is 49.6 cm³/mol. The molecular weight excluding hydrogens is 185 g/mol. The highest BCUT2D eigenvalue weighted by Gasteiger charge is 2.18. The van der Waals surface area contributed by atoms with E-state index in [2.05, 4.69) is 5.32 Å². The molecule has 1 unspecified atom stereocenters. The second kappa shape index (κ2) is 3.94. The number of ether oxygens (including phenoxy) is 1. The van der Waals surface area contributed by atoms with Gasteiger partial charge in [-0.1, -0.05) is 6.07 Å². The first-order valence-electron chi connectivity index (χ1n) is 4.57. The molecule has 0 saturated carbocycles. The molecule has 1 aromatic carbocycles. The lowest BCUT2D eigenvalue weighted by atomic mass is 10.1. The van der Waals surface area contributed by atoms with Crippen molar-refractivity contribution in [3.8, 4) is 5.75 Å². The molecule has 1 aromatic rings. The lowest BCUT2D eigenvalue weighted by Crippen LogP contribution is -2.35. The SMILES string of the molecule is Oc1ccc(C2COCCN2)c(F)c1. The summed E-state index contributed by atoms with van der Waals surface area (Å²) < 4.78 is 18.6. The Hall–Kier alpha value is -1.13. The van der Waals surface area contributed by atoms with Crippen LogP contribution in [0, 0.1) is 5.82 Å². The Morgan fingerprint density at radius 1 is 1.50 bits per heavy atom. The van der Waals surface area contributed by atoms with Gasteiger partial charge in [-0.05, 0) is 6.07 Å². The Bertz CT molecular complexity index is 324. The third-order valence-electron chi connectivity index (χ3n) is 2.28. The highest BCUT2D eigenvalue weighted by molar-refractivity contribution is 5.30. The highest BCUT2D eigenvalue weighted by Crippen LogP contribution is 2.22. The monoisotopic (exact) mass is 197 g/mol. The third kappa shape index (κ3) is 1.86. The molecule has 1 saturated heterocycles. The predicted octanol–water partition coefficient (Wildman–Crippen LogP) is 1.19. The van der Waals surface area contributed by atoms with Crippen LogP contribution < -0.4 is 5.32 Å². The molecule has 0 spiro atoms. The minimum atomic E-state index is -0.395. The first-order chi connectivity index (χ1) is 6.77. The smallest absolute Gasteiger partial charge is 0.131 e. The summed E-state index contributed by atoms with van der Waals surface area (Å²) in [6, 6.07) is 4.07. The second-order valence-corrected chi connectivity index (χ2v) is 3.29. The molecule has 1 heterocycles. The van der Waals surface area contributed by atoms with Gasteiger partial charge < -0.3 is 15.2 Å². The van der Waals surface area contributed by atoms with Gasteiger partial charge in [0.1, 0.15) is 11.6 Å². The Balaban J connectivity index is 2.22. The Kier molecular flexibility index (Phi) is 2.65. The zero-order valence-electron chi connectivity index (χ0n) is 7.66. The third-order valence-corrected chi connectivity index (χ3v) is 2.28. The summed E-state index contributed by atoms with van der Waals surface area (Å²) in [6.45, 7) is 1.86. The molecule has 14 heavy (non-hydrogen) atoms. The summed E-state index contributed by atoms with van der Waals surface area (Å²) in [5.74, 6) is -0.448. The first-order valence-corrected chi connectivity index (χ1v) is 4.57. The maximum atomic E-state index is 13.4. The summed E-state index contributed by atoms with van der Waals surface area (Å²) in [4.78, 5) is 0. The van der Waals surface area contributed by atoms with Crippen molar-refractivity contribution in [2.24, 2.45) is 0 Å². The average molecular weight is 197 g/mol. The van der Waals surface area contributed by atoms with Gasteiger partial charge in [0.15, 0.2) is 0 Å². The van der Waals surface area contributed by atoms with E-state index in [-0.39, 0.29) is 11.8 Å². The van der Waals surface area contributed by atoms with Crippen LogP contribution >= 0.6 is 0 Å². The van der Waals surface area contributed by atoms with E-state index in [1.54, 1.807) is 6.07 Å². The van der Waals surface area contributed by atoms with Crippen LogP contribution in [0.2, 0.25) is 0 Å². The zero-order valence-corrected chi connectivity index (χ0v) is 7.66. The van der Waals surface area contributed by atoms with Gasteiger partial charge in [-0.3, -0.25) is 0 Å². The first kappa shape index (κ1) is 9.43. The second-order valence-electron chi connectivity index (χ2n) is 3.29. The maximum Gasteiger partial charge on any atom is 0.131 e. The minimum absolute atomic E-state index is 0.0528. The summed E-state index contributed by atoms with van der Waals surface area (Å²) in [7, 11) is 0. The van der Waals surface area contributed by atoms with E-state index < -0.39 is 5.82 Å². The molecule has 4 heteroatoms. The minimum Gasteiger partial charge on any atom is -0.508 e. The van der Waals surface area contributed by atoms with Crippen molar-refractivity contribution in [2.45, 2.75) is 6.04 Å². The van der Waals surface area contributed by atoms with Gasteiger partial charge in [-0.2, -0.15) is 0 Å². The Morgan fingerprint density at radius 3 is 3.00 bits per heavy atom. The molecule has 0 radical (unpaired) electrons. The van der Waals surface area contributed by atoms with Crippen LogP contribution in [0.5, 0.6) is 5.75 Å². The molecular formula is C10H12FNO2. The summed E-state index contributed by atoms with van der Waals surface area (Å²) >= 11 is 0. The summed E-state index contributed by atoms with van der Waals surface area (Å²) in [5, 5.41) is 12.2. The van der Waals surface area contributed by atoms with Crippen molar-refractivity contribution >= 4 is 0 Å². The number of aromatic hydroxyl groups is 1. The number of phenolic OH excluding ortho intramolecular Hbond substituents is 1. The number of rotatable bonds is 1. The molecule has 1 aliphatic rings. The molecule has 0 aliphatic carbocycles. The van der Waals surface area contributed by atoms with E-state index in [0.29, 0.717) is 18.8 Å². The molecule has 2 N–H and O–H groups in total. The number of phenols is 1. The topological polar surface area (TPSA) is 41.5 Å². The largest absolute Gasteiger partial charge is 0.508 e. The molecule has 1 atom stereocenters. The van der Waals surface area contributed by atoms with Gasteiger partial charge in [0.2, 0.25) is 0 Å². The van der Waals surface area contributed by atoms with Crippen LogP contribution in [-0.2, 0) is 4.74 Å². The molecule has 3 nitrogen and oxygen atoms in total. The quantitative estimate of drug-likeness (QED) is 0.710. The van der Waals surface area contributed by atoms with Crippen molar-refractivity contribution in [1.29, 1.82) is 0 Å². The molecule has 76 valence electrons. The normalized spacial score (nSPS) is 22.2. The standard InChI is InChI=1S/C10H12FNO2/c11-9-5-7(13)1-2-8(9)10-6-14-4-3-12-10/h1-2,5,10,12-13H,3-4,6H2. The van der Waals surface area contributed by atoms with Crippen LogP contribution in [0.4, 0.5) is 4.39 Å². The van der Waals surface area contributed by atoms with Crippen LogP contribution in [0.25, 0.3) is 0 Å². The highest BCUT2D eigenvalue weighted by atomic mass is 19.1. The van der Waals surface area contributed by atoms with E-state index in [1.165, 1.54) is 6.07 Å². The average Bonchev–Trinajstić information content (AvgIpc) is 2.19. The number of hydrogen-bond acceptors (Lipinski definition) is 3. The molecule has 0 aromatic heterocycles. The van der Waals surface area contributed by atoms with Gasteiger partial charge >= 0.3 is 0 Å². The number of benzene rings is 1. The van der Waals surface area contributed by atoms with E-state index >= 15 is 0 Å². The maximum absolute atomic E-state index is 13.4. The van der Waals surface area contributed by atoms with Gasteiger partial charge in [0, 0.05) is 18.2 Å². The van der Waals surface area contributed by atoms with E-state index in [9.17, 15) is 4.39 Å². The van der Waals surface area contributed by atoms with Crippen molar-refractivity contribution in [3.05, 3.63) is 29.6 Å². The number of halogens is 1. The zero-order chi connectivity index (χ0) is 9.97. The van der Waals surface area contributed by atoms with E-state index in [0.717, 1.165) is 12.6 Å². The fourth-order valence-corrected chi connectivity index (χ4v) is 1.56. The fourth-order valence-electron chi connectivity index (χ4n) is 1.56. The summed E-state index contributed by atoms with van der Waals surface area (Å²) in [6.07, 6.45) is 0. The van der Waals surface area contributed by atoms with Gasteiger partial charge in [-0.15, -0.1) is 0 Å². The van der Waals surface area contributed by atoms with Gasteiger partial charge in [-0.25, -0.2) is 4.39 Å². The van der Waals surface area contributed by atoms with Gasteiger partial charge in [0.05, 0.1) is 19.3 Å². The number of hydrogen-bond donors (Lipinski definition) is 2. The molecule has 2 rings (SSSR count).